The molecule has 6 N–H and O–H groups in total. The molecular formula is C39H43FN4O8S2. The van der Waals surface area contributed by atoms with Crippen molar-refractivity contribution in [3.8, 4) is 11.5 Å². The third-order valence-corrected chi connectivity index (χ3v) is 11.8. The number of carbonyl (C=O) groups excluding carboxylic acids is 2. The van der Waals surface area contributed by atoms with Crippen LogP contribution >= 0.6 is 22.7 Å². The van der Waals surface area contributed by atoms with E-state index in [2.05, 4.69) is 20.5 Å². The Morgan fingerprint density at radius 3 is 2.41 bits per heavy atom. The summed E-state index contributed by atoms with van der Waals surface area (Å²) in [7, 11) is 3.38. The van der Waals surface area contributed by atoms with Crippen LogP contribution in [0.2, 0.25) is 0 Å². The van der Waals surface area contributed by atoms with Gasteiger partial charge in [0.05, 0.1) is 34.2 Å². The Morgan fingerprint density at radius 1 is 1.06 bits per heavy atom. The number of amides is 1. The number of ether oxygens (including phenoxy) is 2. The molecule has 54 heavy (non-hydrogen) atoms. The Kier molecular flexibility index (Phi) is 12.5. The SMILES string of the molecule is COc1cc(NC(=O)CCN(C)C2CCC(OC(=O)C(O)(c3cccs3)c3cccs3)CC2)c(F)cc1CNC[C@@H](O)c1ccc(O)c2[nH]c(=O)ccc12. The highest BCUT2D eigenvalue weighted by atomic mass is 32.1. The maximum absolute atomic E-state index is 15.2. The molecule has 12 nitrogen and oxygen atoms in total. The lowest BCUT2D eigenvalue weighted by Gasteiger charge is -2.35. The molecule has 286 valence electrons. The average Bonchev–Trinajstić information content (AvgIpc) is 3.92. The van der Waals surface area contributed by atoms with Crippen molar-refractivity contribution >= 4 is 51.1 Å². The quantitative estimate of drug-likeness (QED) is 0.0759. The van der Waals surface area contributed by atoms with Gasteiger partial charge >= 0.3 is 5.97 Å². The van der Waals surface area contributed by atoms with E-state index in [0.29, 0.717) is 51.4 Å². The summed E-state index contributed by atoms with van der Waals surface area (Å²) in [5.74, 6) is -1.43. The third kappa shape index (κ3) is 8.67. The Morgan fingerprint density at radius 2 is 1.76 bits per heavy atom. The molecular weight excluding hydrogens is 736 g/mol. The summed E-state index contributed by atoms with van der Waals surface area (Å²) in [6.45, 7) is 0.665. The lowest BCUT2D eigenvalue weighted by Crippen LogP contribution is -2.42. The number of aromatic nitrogens is 1. The Hall–Kier alpha value is -4.64. The van der Waals surface area contributed by atoms with Crippen molar-refractivity contribution in [1.29, 1.82) is 0 Å². The molecule has 3 heterocycles. The Balaban J connectivity index is 0.965. The lowest BCUT2D eigenvalue weighted by atomic mass is 9.91. The van der Waals surface area contributed by atoms with Crippen LogP contribution in [0.3, 0.4) is 0 Å². The van der Waals surface area contributed by atoms with Crippen molar-refractivity contribution in [1.82, 2.24) is 15.2 Å². The molecule has 1 amide bonds. The number of anilines is 1. The van der Waals surface area contributed by atoms with Crippen molar-refractivity contribution in [2.75, 3.05) is 32.6 Å². The van der Waals surface area contributed by atoms with E-state index in [1.54, 1.807) is 30.3 Å². The van der Waals surface area contributed by atoms with Gasteiger partial charge < -0.3 is 45.3 Å². The van der Waals surface area contributed by atoms with Gasteiger partial charge in [0.25, 0.3) is 0 Å². The first-order valence-corrected chi connectivity index (χ1v) is 19.4. The number of aromatic amines is 1. The van der Waals surface area contributed by atoms with Crippen molar-refractivity contribution in [3.63, 3.8) is 0 Å². The van der Waals surface area contributed by atoms with Crippen molar-refractivity contribution in [3.05, 3.63) is 108 Å². The first-order chi connectivity index (χ1) is 26.0. The fourth-order valence-electron chi connectivity index (χ4n) is 6.83. The van der Waals surface area contributed by atoms with Crippen LogP contribution in [0, 0.1) is 5.82 Å². The monoisotopic (exact) mass is 778 g/mol. The van der Waals surface area contributed by atoms with E-state index in [9.17, 15) is 29.7 Å². The number of phenolic OH excluding ortho intramolecular Hbond substituents is 1. The number of pyridine rings is 1. The lowest BCUT2D eigenvalue weighted by molar-refractivity contribution is -0.169. The number of aliphatic hydroxyl groups is 2. The summed E-state index contributed by atoms with van der Waals surface area (Å²) in [6, 6.07) is 15.7. The number of thiophene rings is 2. The molecule has 0 saturated heterocycles. The molecule has 0 aliphatic heterocycles. The van der Waals surface area contributed by atoms with Crippen molar-refractivity contribution in [2.24, 2.45) is 0 Å². The van der Waals surface area contributed by atoms with Gasteiger partial charge in [0.2, 0.25) is 17.1 Å². The number of carbonyl (C=O) groups is 2. The molecule has 3 aromatic heterocycles. The maximum atomic E-state index is 15.2. The minimum Gasteiger partial charge on any atom is -0.506 e. The number of rotatable bonds is 15. The first-order valence-electron chi connectivity index (χ1n) is 17.6. The molecule has 6 rings (SSSR count). The normalized spacial score (nSPS) is 16.7. The fraction of sp³-hybridized carbons (Fsp3) is 0.359. The van der Waals surface area contributed by atoms with Crippen LogP contribution in [0.15, 0.2) is 76.2 Å². The minimum atomic E-state index is -1.84. The largest absolute Gasteiger partial charge is 0.506 e. The first kappa shape index (κ1) is 39.1. The van der Waals surface area contributed by atoms with Crippen LogP contribution in [0.1, 0.15) is 59.1 Å². The Bertz CT molecular complexity index is 2080. The zero-order chi connectivity index (χ0) is 38.4. The molecule has 1 saturated carbocycles. The Labute approximate surface area is 319 Å². The number of aromatic hydroxyl groups is 1. The number of fused-ring (bicyclic) bond motifs is 1. The number of esters is 1. The van der Waals surface area contributed by atoms with E-state index in [1.165, 1.54) is 60.1 Å². The molecule has 0 bridgehead atoms. The van der Waals surface area contributed by atoms with Gasteiger partial charge in [0.1, 0.15) is 23.4 Å². The van der Waals surface area contributed by atoms with Crippen molar-refractivity contribution < 1.29 is 38.8 Å². The second kappa shape index (κ2) is 17.2. The van der Waals surface area contributed by atoms with Crippen LogP contribution in [0.4, 0.5) is 10.1 Å². The molecule has 0 spiro atoms. The van der Waals surface area contributed by atoms with E-state index in [0.717, 1.165) is 12.8 Å². The fourth-order valence-corrected chi connectivity index (χ4v) is 8.54. The van der Waals surface area contributed by atoms with Crippen LogP contribution in [0.25, 0.3) is 10.9 Å². The predicted octanol–water partition coefficient (Wildman–Crippen LogP) is 5.38. The van der Waals surface area contributed by atoms with E-state index < -0.39 is 23.5 Å². The van der Waals surface area contributed by atoms with Gasteiger partial charge in [-0.15, -0.1) is 22.7 Å². The molecule has 1 aliphatic rings. The van der Waals surface area contributed by atoms with E-state index >= 15 is 4.39 Å². The molecule has 0 radical (unpaired) electrons. The van der Waals surface area contributed by atoms with Crippen LogP contribution < -0.4 is 20.9 Å². The highest BCUT2D eigenvalue weighted by molar-refractivity contribution is 7.12. The number of benzene rings is 2. The summed E-state index contributed by atoms with van der Waals surface area (Å²) in [6.07, 6.45) is 1.54. The number of nitrogens with one attached hydrogen (secondary N) is 3. The van der Waals surface area contributed by atoms with Crippen LogP contribution in [0.5, 0.6) is 11.5 Å². The third-order valence-electron chi connectivity index (χ3n) is 9.85. The number of hydrogen-bond donors (Lipinski definition) is 6. The second-order valence-corrected chi connectivity index (χ2v) is 15.3. The summed E-state index contributed by atoms with van der Waals surface area (Å²) in [4.78, 5) is 43.7. The standard InChI is InChI=1S/C39H43FN4O8S2/c1-44(24-7-9-25(10-8-24)52-38(49)39(50,33-5-3-17-53-33)34-6-4-18-54-34)16-15-36(48)42-29-20-32(51-2)23(19-28(29)40)21-41-22-31(46)26-11-13-30(45)37-27(26)12-14-35(47)43-37/h3-6,11-14,17-20,24-25,31,41,45-46,50H,7-10,15-16,21-22H2,1-2H3,(H,42,48)(H,43,47)/t24?,25?,31-/m1/s1. The molecule has 1 fully saturated rings. The number of aliphatic hydroxyl groups excluding tert-OH is 1. The molecule has 1 aliphatic carbocycles. The number of phenols is 1. The van der Waals surface area contributed by atoms with Gasteiger partial charge in [-0.1, -0.05) is 18.2 Å². The van der Waals surface area contributed by atoms with Gasteiger partial charge in [-0.3, -0.25) is 9.59 Å². The van der Waals surface area contributed by atoms with E-state index in [-0.39, 0.29) is 60.1 Å². The summed E-state index contributed by atoms with van der Waals surface area (Å²) < 4.78 is 26.6. The maximum Gasteiger partial charge on any atom is 0.349 e. The van der Waals surface area contributed by atoms with Gasteiger partial charge in [-0.25, -0.2) is 9.18 Å². The smallest absolute Gasteiger partial charge is 0.349 e. The van der Waals surface area contributed by atoms with Gasteiger partial charge in [0, 0.05) is 55.2 Å². The number of H-pyrrole nitrogens is 1. The highest BCUT2D eigenvalue weighted by Crippen LogP contribution is 2.38. The van der Waals surface area contributed by atoms with Crippen LogP contribution in [-0.2, 0) is 26.5 Å². The van der Waals surface area contributed by atoms with Crippen molar-refractivity contribution in [2.45, 2.75) is 62.5 Å². The van der Waals surface area contributed by atoms with E-state index in [4.69, 9.17) is 9.47 Å². The summed E-state index contributed by atoms with van der Waals surface area (Å²) >= 11 is 2.61. The number of halogens is 1. The summed E-state index contributed by atoms with van der Waals surface area (Å²) in [5.41, 5.74) is -1.04. The molecule has 2 aromatic carbocycles. The number of nitrogens with zero attached hydrogens (tertiary/aromatic N) is 1. The van der Waals surface area contributed by atoms with Gasteiger partial charge in [-0.2, -0.15) is 0 Å². The molecule has 1 atom stereocenters. The topological polar surface area (TPSA) is 173 Å². The van der Waals surface area contributed by atoms with Gasteiger partial charge in [-0.05, 0) is 79.4 Å². The average molecular weight is 779 g/mol. The zero-order valence-corrected chi connectivity index (χ0v) is 31.5. The zero-order valence-electron chi connectivity index (χ0n) is 29.8. The summed E-state index contributed by atoms with van der Waals surface area (Å²) in [5, 5.41) is 42.4. The van der Waals surface area contributed by atoms with E-state index in [1.807, 2.05) is 17.8 Å². The molecule has 5 aromatic rings. The second-order valence-electron chi connectivity index (χ2n) is 13.4. The number of hydrogen-bond acceptors (Lipinski definition) is 12. The predicted molar refractivity (Wildman–Crippen MR) is 206 cm³/mol. The highest BCUT2D eigenvalue weighted by Gasteiger charge is 2.45. The molecule has 15 heteroatoms. The molecule has 0 unspecified atom stereocenters. The van der Waals surface area contributed by atoms with Crippen LogP contribution in [-0.4, -0.2) is 76.5 Å². The van der Waals surface area contributed by atoms with Gasteiger partial charge in [0.15, 0.2) is 0 Å². The number of methoxy groups -OCH3 is 1. The minimum absolute atomic E-state index is 0.0137.